The number of rotatable bonds is 3. The minimum Gasteiger partial charge on any atom is -0.366 e. The Labute approximate surface area is 103 Å². The molecule has 0 spiro atoms. The van der Waals surface area contributed by atoms with Crippen LogP contribution in [0, 0.1) is 0 Å². The van der Waals surface area contributed by atoms with Crippen LogP contribution in [-0.2, 0) is 0 Å². The van der Waals surface area contributed by atoms with Crippen molar-refractivity contribution in [2.75, 3.05) is 10.7 Å². The molecule has 5 nitrogen and oxygen atoms in total. The Balaban J connectivity index is 2.06. The van der Waals surface area contributed by atoms with Gasteiger partial charge in [0.25, 0.3) is 0 Å². The van der Waals surface area contributed by atoms with E-state index >= 15 is 0 Å². The standard InChI is InChI=1S/C10H16BrN5/c11-8-6-13-10(16-12)15-9(8)14-7-4-2-1-3-5-7/h6-7H,1-5,12H2,(H2,13,14,15,16). The zero-order valence-electron chi connectivity index (χ0n) is 9.04. The second-order valence-corrected chi connectivity index (χ2v) is 4.87. The monoisotopic (exact) mass is 285 g/mol. The summed E-state index contributed by atoms with van der Waals surface area (Å²) in [4.78, 5) is 8.30. The maximum Gasteiger partial charge on any atom is 0.239 e. The molecule has 6 heteroatoms. The highest BCUT2D eigenvalue weighted by molar-refractivity contribution is 9.10. The summed E-state index contributed by atoms with van der Waals surface area (Å²) >= 11 is 3.43. The SMILES string of the molecule is NNc1ncc(Br)c(NC2CCCCC2)n1. The van der Waals surface area contributed by atoms with Crippen molar-refractivity contribution < 1.29 is 0 Å². The third-order valence-corrected chi connectivity index (χ3v) is 3.40. The fraction of sp³-hybridized carbons (Fsp3) is 0.600. The Morgan fingerprint density at radius 2 is 2.06 bits per heavy atom. The molecular weight excluding hydrogens is 270 g/mol. The van der Waals surface area contributed by atoms with Gasteiger partial charge in [0.2, 0.25) is 5.95 Å². The molecule has 0 unspecified atom stereocenters. The van der Waals surface area contributed by atoms with Crippen molar-refractivity contribution in [3.05, 3.63) is 10.7 Å². The molecule has 1 aliphatic carbocycles. The van der Waals surface area contributed by atoms with Crippen LogP contribution in [0.4, 0.5) is 11.8 Å². The first-order chi connectivity index (χ1) is 7.79. The van der Waals surface area contributed by atoms with Gasteiger partial charge in [0.1, 0.15) is 5.82 Å². The number of hydrazine groups is 1. The first kappa shape index (κ1) is 11.6. The highest BCUT2D eigenvalue weighted by atomic mass is 79.9. The minimum atomic E-state index is 0.432. The van der Waals surface area contributed by atoms with Gasteiger partial charge >= 0.3 is 0 Å². The Bertz CT molecular complexity index is 351. The smallest absolute Gasteiger partial charge is 0.239 e. The van der Waals surface area contributed by atoms with Crippen LogP contribution in [0.3, 0.4) is 0 Å². The van der Waals surface area contributed by atoms with Crippen LogP contribution in [0.1, 0.15) is 32.1 Å². The van der Waals surface area contributed by atoms with Crippen LogP contribution in [0.25, 0.3) is 0 Å². The Morgan fingerprint density at radius 3 is 2.75 bits per heavy atom. The lowest BCUT2D eigenvalue weighted by Crippen LogP contribution is -2.23. The maximum absolute atomic E-state index is 5.28. The van der Waals surface area contributed by atoms with Crippen LogP contribution in [-0.4, -0.2) is 16.0 Å². The number of nitrogens with two attached hydrogens (primary N) is 1. The van der Waals surface area contributed by atoms with Crippen molar-refractivity contribution in [1.82, 2.24) is 9.97 Å². The molecular formula is C10H16BrN5. The van der Waals surface area contributed by atoms with E-state index in [0.29, 0.717) is 12.0 Å². The van der Waals surface area contributed by atoms with E-state index in [0.717, 1.165) is 10.3 Å². The van der Waals surface area contributed by atoms with Gasteiger partial charge in [-0.3, -0.25) is 5.43 Å². The number of nitrogens with one attached hydrogen (secondary N) is 2. The van der Waals surface area contributed by atoms with Gasteiger partial charge in [-0.1, -0.05) is 19.3 Å². The summed E-state index contributed by atoms with van der Waals surface area (Å²) in [6.07, 6.45) is 8.06. The highest BCUT2D eigenvalue weighted by Crippen LogP contribution is 2.25. The predicted molar refractivity (Wildman–Crippen MR) is 68.0 cm³/mol. The van der Waals surface area contributed by atoms with Crippen molar-refractivity contribution in [3.63, 3.8) is 0 Å². The number of nitrogens with zero attached hydrogens (tertiary/aromatic N) is 2. The molecule has 0 radical (unpaired) electrons. The van der Waals surface area contributed by atoms with Gasteiger partial charge in [-0.2, -0.15) is 4.98 Å². The van der Waals surface area contributed by atoms with Gasteiger partial charge in [-0.05, 0) is 28.8 Å². The second-order valence-electron chi connectivity index (χ2n) is 4.01. The van der Waals surface area contributed by atoms with E-state index in [1.165, 1.54) is 32.1 Å². The Morgan fingerprint density at radius 1 is 1.31 bits per heavy atom. The van der Waals surface area contributed by atoms with E-state index in [9.17, 15) is 0 Å². The van der Waals surface area contributed by atoms with Crippen molar-refractivity contribution >= 4 is 27.7 Å². The lowest BCUT2D eigenvalue weighted by atomic mass is 9.95. The van der Waals surface area contributed by atoms with Crippen LogP contribution >= 0.6 is 15.9 Å². The molecule has 0 aromatic carbocycles. The van der Waals surface area contributed by atoms with Crippen molar-refractivity contribution in [1.29, 1.82) is 0 Å². The summed E-state index contributed by atoms with van der Waals surface area (Å²) in [7, 11) is 0. The van der Waals surface area contributed by atoms with Crippen LogP contribution < -0.4 is 16.6 Å². The molecule has 1 fully saturated rings. The van der Waals surface area contributed by atoms with E-state index < -0.39 is 0 Å². The largest absolute Gasteiger partial charge is 0.366 e. The summed E-state index contributed by atoms with van der Waals surface area (Å²) in [6, 6.07) is 0.519. The van der Waals surface area contributed by atoms with E-state index in [1.807, 2.05) is 0 Å². The van der Waals surface area contributed by atoms with Crippen LogP contribution in [0.2, 0.25) is 0 Å². The molecule has 88 valence electrons. The fourth-order valence-corrected chi connectivity index (χ4v) is 2.28. The molecule has 0 aliphatic heterocycles. The third-order valence-electron chi connectivity index (χ3n) is 2.82. The first-order valence-corrected chi connectivity index (χ1v) is 6.34. The molecule has 2 rings (SSSR count). The molecule has 0 amide bonds. The number of aromatic nitrogens is 2. The second kappa shape index (κ2) is 5.45. The minimum absolute atomic E-state index is 0.432. The van der Waals surface area contributed by atoms with E-state index in [-0.39, 0.29) is 0 Å². The maximum atomic E-state index is 5.28. The van der Waals surface area contributed by atoms with Crippen molar-refractivity contribution in [2.45, 2.75) is 38.1 Å². The number of nitrogen functional groups attached to an aromatic ring is 1. The normalized spacial score (nSPS) is 17.1. The molecule has 1 heterocycles. The van der Waals surface area contributed by atoms with E-state index in [4.69, 9.17) is 5.84 Å². The van der Waals surface area contributed by atoms with E-state index in [2.05, 4.69) is 36.6 Å². The molecule has 0 bridgehead atoms. The molecule has 1 aromatic rings. The molecule has 16 heavy (non-hydrogen) atoms. The molecule has 0 saturated heterocycles. The lowest BCUT2D eigenvalue weighted by Gasteiger charge is -2.23. The Hall–Kier alpha value is -0.880. The molecule has 4 N–H and O–H groups in total. The molecule has 0 atom stereocenters. The van der Waals surface area contributed by atoms with Gasteiger partial charge < -0.3 is 5.32 Å². The average Bonchev–Trinajstić information content (AvgIpc) is 2.33. The predicted octanol–water partition coefficient (Wildman–Crippen LogP) is 2.27. The summed E-state index contributed by atoms with van der Waals surface area (Å²) in [5.74, 6) is 6.53. The summed E-state index contributed by atoms with van der Waals surface area (Å²) in [5, 5.41) is 3.43. The molecule has 1 aliphatic rings. The van der Waals surface area contributed by atoms with Gasteiger partial charge in [-0.15, -0.1) is 0 Å². The summed E-state index contributed by atoms with van der Waals surface area (Å²) < 4.78 is 0.872. The average molecular weight is 286 g/mol. The van der Waals surface area contributed by atoms with Gasteiger partial charge in [0, 0.05) is 12.2 Å². The number of hydrogen-bond acceptors (Lipinski definition) is 5. The highest BCUT2D eigenvalue weighted by Gasteiger charge is 2.15. The number of hydrogen-bond donors (Lipinski definition) is 3. The third kappa shape index (κ3) is 2.82. The quantitative estimate of drug-likeness (QED) is 0.587. The lowest BCUT2D eigenvalue weighted by molar-refractivity contribution is 0.461. The topological polar surface area (TPSA) is 75.9 Å². The van der Waals surface area contributed by atoms with Crippen LogP contribution in [0.5, 0.6) is 0 Å². The number of anilines is 2. The molecule has 1 saturated carbocycles. The fourth-order valence-electron chi connectivity index (χ4n) is 1.98. The number of halogens is 1. The van der Waals surface area contributed by atoms with Crippen molar-refractivity contribution in [3.8, 4) is 0 Å². The zero-order valence-corrected chi connectivity index (χ0v) is 10.6. The summed E-state index contributed by atoms with van der Waals surface area (Å²) in [6.45, 7) is 0. The first-order valence-electron chi connectivity index (χ1n) is 5.55. The van der Waals surface area contributed by atoms with Crippen molar-refractivity contribution in [2.24, 2.45) is 5.84 Å². The van der Waals surface area contributed by atoms with Crippen LogP contribution in [0.15, 0.2) is 10.7 Å². The van der Waals surface area contributed by atoms with Gasteiger partial charge in [-0.25, -0.2) is 10.8 Å². The van der Waals surface area contributed by atoms with Gasteiger partial charge in [0.05, 0.1) is 4.47 Å². The summed E-state index contributed by atoms with van der Waals surface area (Å²) in [5.41, 5.74) is 2.45. The Kier molecular flexibility index (Phi) is 3.95. The molecule has 1 aromatic heterocycles. The van der Waals surface area contributed by atoms with E-state index in [1.54, 1.807) is 6.20 Å². The van der Waals surface area contributed by atoms with Gasteiger partial charge in [0.15, 0.2) is 0 Å². The zero-order chi connectivity index (χ0) is 11.4.